The summed E-state index contributed by atoms with van der Waals surface area (Å²) in [5, 5.41) is 4.68. The minimum atomic E-state index is -0.535. The van der Waals surface area contributed by atoms with Crippen molar-refractivity contribution < 1.29 is 23.4 Å². The summed E-state index contributed by atoms with van der Waals surface area (Å²) in [6.07, 6.45) is 4.80. The Morgan fingerprint density at radius 2 is 1.70 bits per heavy atom. The molecule has 12 nitrogen and oxygen atoms in total. The molecule has 0 atom stereocenters. The summed E-state index contributed by atoms with van der Waals surface area (Å²) in [4.78, 5) is 37.4. The lowest BCUT2D eigenvalue weighted by Gasteiger charge is -2.39. The third-order valence-electron chi connectivity index (χ3n) is 9.35. The van der Waals surface area contributed by atoms with Gasteiger partial charge in [0.25, 0.3) is 0 Å². The maximum atomic E-state index is 14.0. The second kappa shape index (κ2) is 14.5. The number of carbonyl (C=O) groups excluding carboxylic acids is 1. The maximum absolute atomic E-state index is 14.0. The Labute approximate surface area is 294 Å². The summed E-state index contributed by atoms with van der Waals surface area (Å²) in [5.74, 6) is 0.853. The molecule has 0 radical (unpaired) electrons. The van der Waals surface area contributed by atoms with Gasteiger partial charge in [0.05, 0.1) is 29.3 Å². The Bertz CT molecular complexity index is 2020. The number of rotatable bonds is 8. The van der Waals surface area contributed by atoms with Gasteiger partial charge in [-0.1, -0.05) is 29.8 Å². The summed E-state index contributed by atoms with van der Waals surface area (Å²) in [6, 6.07) is 15.8. The Morgan fingerprint density at radius 3 is 2.46 bits per heavy atom. The van der Waals surface area contributed by atoms with Gasteiger partial charge in [-0.05, 0) is 63.1 Å². The molecule has 0 unspecified atom stereocenters. The number of benzene rings is 3. The highest BCUT2D eigenvalue weighted by atomic mass is 35.5. The van der Waals surface area contributed by atoms with Crippen molar-refractivity contribution >= 4 is 50.9 Å². The largest absolute Gasteiger partial charge is 0.493 e. The molecule has 2 fully saturated rings. The SMILES string of the molecule is COc1cc2nc(Oc3ncc4ccccc4n3)nc(Nc3ccc(F)c(Cl)c3)c2cc1O[C@H]1CC[C@@H](N(C)C(=O)N2CCN(C)CC2)CC1. The second-order valence-corrected chi connectivity index (χ2v) is 13.1. The van der Waals surface area contributed by atoms with E-state index in [9.17, 15) is 9.18 Å². The number of likely N-dealkylation sites (N-methyl/N-ethyl adjacent to an activating group) is 1. The number of hydrogen-bond acceptors (Lipinski definition) is 10. The monoisotopic (exact) mass is 700 g/mol. The molecule has 1 saturated heterocycles. The van der Waals surface area contributed by atoms with E-state index in [1.54, 1.807) is 25.4 Å². The molecule has 0 bridgehead atoms. The van der Waals surface area contributed by atoms with E-state index < -0.39 is 5.82 Å². The van der Waals surface area contributed by atoms with Gasteiger partial charge in [0, 0.05) is 68.0 Å². The van der Waals surface area contributed by atoms with Gasteiger partial charge in [-0.2, -0.15) is 15.0 Å². The molecule has 0 spiro atoms. The summed E-state index contributed by atoms with van der Waals surface area (Å²) in [7, 11) is 5.56. The fourth-order valence-corrected chi connectivity index (χ4v) is 6.59. The molecule has 1 aliphatic heterocycles. The number of para-hydroxylation sites is 1. The Kier molecular flexibility index (Phi) is 9.68. The standard InChI is InChI=1S/C36H38ClFN8O4/c1-44-14-16-46(17-15-44)36(47)45(2)24-9-11-25(12-10-24)49-32-19-26-30(20-31(32)48-3)42-35(43-33(26)40-23-8-13-28(38)27(37)18-23)50-34-39-21-22-6-4-5-7-29(22)41-34/h4-8,13,18-21,24-25H,9-12,14-17H2,1-3H3,(H,40,42,43)/t24-,25+. The molecule has 1 aliphatic carbocycles. The van der Waals surface area contributed by atoms with E-state index in [2.05, 4.69) is 37.2 Å². The number of amides is 2. The molecule has 14 heteroatoms. The number of hydrogen-bond donors (Lipinski definition) is 1. The number of halogens is 2. The lowest BCUT2D eigenvalue weighted by atomic mass is 9.92. The van der Waals surface area contributed by atoms with Crippen LogP contribution in [0.2, 0.25) is 5.02 Å². The van der Waals surface area contributed by atoms with Crippen molar-refractivity contribution in [1.82, 2.24) is 34.6 Å². The third kappa shape index (κ3) is 7.29. The van der Waals surface area contributed by atoms with E-state index in [0.29, 0.717) is 39.4 Å². The molecular weight excluding hydrogens is 663 g/mol. The number of carbonyl (C=O) groups is 1. The molecular formula is C36H38ClFN8O4. The number of piperazine rings is 1. The smallest absolute Gasteiger partial charge is 0.327 e. The van der Waals surface area contributed by atoms with Gasteiger partial charge >= 0.3 is 18.1 Å². The quantitative estimate of drug-likeness (QED) is 0.183. The fourth-order valence-electron chi connectivity index (χ4n) is 6.41. The van der Waals surface area contributed by atoms with Gasteiger partial charge in [0.1, 0.15) is 11.6 Å². The van der Waals surface area contributed by atoms with Crippen LogP contribution in [0.1, 0.15) is 25.7 Å². The predicted molar refractivity (Wildman–Crippen MR) is 189 cm³/mol. The molecule has 7 rings (SSSR count). The van der Waals surface area contributed by atoms with Crippen LogP contribution in [0.3, 0.4) is 0 Å². The van der Waals surface area contributed by atoms with Crippen molar-refractivity contribution in [3.8, 4) is 23.5 Å². The lowest BCUT2D eigenvalue weighted by Crippen LogP contribution is -2.53. The van der Waals surface area contributed by atoms with Gasteiger partial charge in [-0.25, -0.2) is 14.2 Å². The van der Waals surface area contributed by atoms with E-state index in [4.69, 9.17) is 25.8 Å². The first-order valence-corrected chi connectivity index (χ1v) is 17.0. The lowest BCUT2D eigenvalue weighted by molar-refractivity contribution is 0.0845. The number of anilines is 2. The summed E-state index contributed by atoms with van der Waals surface area (Å²) < 4.78 is 32.3. The summed E-state index contributed by atoms with van der Waals surface area (Å²) in [6.45, 7) is 3.28. The van der Waals surface area contributed by atoms with Crippen molar-refractivity contribution in [2.45, 2.75) is 37.8 Å². The van der Waals surface area contributed by atoms with E-state index in [0.717, 1.165) is 57.2 Å². The zero-order chi connectivity index (χ0) is 34.8. The normalized spacial score (nSPS) is 18.2. The molecule has 50 heavy (non-hydrogen) atoms. The van der Waals surface area contributed by atoms with E-state index in [-0.39, 0.29) is 35.2 Å². The second-order valence-electron chi connectivity index (χ2n) is 12.7. The highest BCUT2D eigenvalue weighted by Crippen LogP contribution is 2.39. The van der Waals surface area contributed by atoms with Gasteiger partial charge in [-0.3, -0.25) is 0 Å². The van der Waals surface area contributed by atoms with Crippen LogP contribution in [0.25, 0.3) is 21.8 Å². The van der Waals surface area contributed by atoms with Crippen LogP contribution in [-0.4, -0.2) is 100 Å². The first-order valence-electron chi connectivity index (χ1n) is 16.6. The minimum Gasteiger partial charge on any atom is -0.493 e. The molecule has 3 aromatic carbocycles. The zero-order valence-corrected chi connectivity index (χ0v) is 28.9. The van der Waals surface area contributed by atoms with Crippen molar-refractivity contribution in [2.24, 2.45) is 0 Å². The molecule has 2 amide bonds. The van der Waals surface area contributed by atoms with Crippen LogP contribution in [0.5, 0.6) is 23.5 Å². The van der Waals surface area contributed by atoms with Crippen LogP contribution < -0.4 is 19.5 Å². The van der Waals surface area contributed by atoms with Gasteiger partial charge in [-0.15, -0.1) is 0 Å². The van der Waals surface area contributed by atoms with Crippen molar-refractivity contribution in [3.05, 3.63) is 71.6 Å². The Balaban J connectivity index is 1.13. The number of ether oxygens (including phenoxy) is 3. The Morgan fingerprint density at radius 1 is 0.940 bits per heavy atom. The molecule has 3 heterocycles. The van der Waals surface area contributed by atoms with E-state index >= 15 is 0 Å². The molecule has 1 N–H and O–H groups in total. The van der Waals surface area contributed by atoms with Gasteiger partial charge < -0.3 is 34.2 Å². The molecule has 2 aromatic heterocycles. The third-order valence-corrected chi connectivity index (χ3v) is 9.64. The Hall–Kier alpha value is -5.01. The van der Waals surface area contributed by atoms with E-state index in [1.807, 2.05) is 47.2 Å². The first kappa shape index (κ1) is 33.5. The molecule has 260 valence electrons. The van der Waals surface area contributed by atoms with Crippen LogP contribution in [0, 0.1) is 5.82 Å². The fraction of sp³-hybridized carbons (Fsp3) is 0.361. The molecule has 5 aromatic rings. The van der Waals surface area contributed by atoms with Crippen molar-refractivity contribution in [1.29, 1.82) is 0 Å². The molecule has 2 aliphatic rings. The van der Waals surface area contributed by atoms with Crippen molar-refractivity contribution in [2.75, 3.05) is 52.7 Å². The number of urea groups is 1. The topological polar surface area (TPSA) is 118 Å². The number of aromatic nitrogens is 4. The average Bonchev–Trinajstić information content (AvgIpc) is 3.13. The van der Waals surface area contributed by atoms with Gasteiger partial charge in [0.2, 0.25) is 0 Å². The maximum Gasteiger partial charge on any atom is 0.327 e. The number of nitrogens with zero attached hydrogens (tertiary/aromatic N) is 7. The minimum absolute atomic E-state index is 0.00669. The number of nitrogens with one attached hydrogen (secondary N) is 1. The summed E-state index contributed by atoms with van der Waals surface area (Å²) in [5.41, 5.74) is 1.72. The number of methoxy groups -OCH3 is 1. The van der Waals surface area contributed by atoms with Crippen molar-refractivity contribution in [3.63, 3.8) is 0 Å². The summed E-state index contributed by atoms with van der Waals surface area (Å²) >= 11 is 6.10. The predicted octanol–water partition coefficient (Wildman–Crippen LogP) is 6.90. The number of fused-ring (bicyclic) bond motifs is 2. The van der Waals surface area contributed by atoms with Crippen LogP contribution in [-0.2, 0) is 0 Å². The highest BCUT2D eigenvalue weighted by molar-refractivity contribution is 6.31. The molecule has 1 saturated carbocycles. The first-order chi connectivity index (χ1) is 24.2. The van der Waals surface area contributed by atoms with Crippen LogP contribution in [0.15, 0.2) is 60.8 Å². The zero-order valence-electron chi connectivity index (χ0n) is 28.1. The van der Waals surface area contributed by atoms with Gasteiger partial charge in [0.15, 0.2) is 11.5 Å². The van der Waals surface area contributed by atoms with Crippen LogP contribution in [0.4, 0.5) is 20.7 Å². The van der Waals surface area contributed by atoms with E-state index in [1.165, 1.54) is 12.1 Å². The highest BCUT2D eigenvalue weighted by Gasteiger charge is 2.31. The van der Waals surface area contributed by atoms with Crippen LogP contribution >= 0.6 is 11.6 Å². The average molecular weight is 701 g/mol.